The number of likely N-dealkylation sites (tertiary alicyclic amines) is 1. The third-order valence-electron chi connectivity index (χ3n) is 8.51. The zero-order valence-electron chi connectivity index (χ0n) is 21.1. The fourth-order valence-electron chi connectivity index (χ4n) is 6.65. The lowest BCUT2D eigenvalue weighted by Gasteiger charge is -2.38. The lowest BCUT2D eigenvalue weighted by atomic mass is 9.78. The van der Waals surface area contributed by atoms with Crippen molar-refractivity contribution in [2.75, 3.05) is 47.0 Å². The van der Waals surface area contributed by atoms with Crippen LogP contribution in [0.15, 0.2) is 12.3 Å². The lowest BCUT2D eigenvalue weighted by molar-refractivity contribution is -0.143. The molecule has 5 rings (SSSR count). The first-order valence-corrected chi connectivity index (χ1v) is 13.2. The standard InChI is InChI=1S/C25H34F3N5O3S/c1-29-23(37)33-12-17-8-18(31-20-4-6-36-13-21(20)35-2)9-24(17,14-33)22(34)32-5-3-19-15(11-32)7-16(10-30-19)25(26,27)28/h7,10,17-18,20-21,31H,3-6,8-9,11-14H2,1-2H3,(H,29,37)/t17-,18+,20-,21+,24-/m0/s1. The van der Waals surface area contributed by atoms with E-state index in [4.69, 9.17) is 21.7 Å². The number of aromatic nitrogens is 1. The van der Waals surface area contributed by atoms with Gasteiger partial charge in [-0.25, -0.2) is 0 Å². The number of ether oxygens (including phenoxy) is 2. The minimum Gasteiger partial charge on any atom is -0.379 e. The van der Waals surface area contributed by atoms with Gasteiger partial charge in [0.05, 0.1) is 23.7 Å². The smallest absolute Gasteiger partial charge is 0.379 e. The van der Waals surface area contributed by atoms with E-state index in [0.717, 1.165) is 25.1 Å². The zero-order chi connectivity index (χ0) is 26.4. The fraction of sp³-hybridized carbons (Fsp3) is 0.720. The predicted molar refractivity (Wildman–Crippen MR) is 134 cm³/mol. The number of amides is 1. The molecule has 0 unspecified atom stereocenters. The van der Waals surface area contributed by atoms with Crippen molar-refractivity contribution in [2.45, 2.75) is 56.6 Å². The normalized spacial score (nSPS) is 31.7. The van der Waals surface area contributed by atoms with Gasteiger partial charge < -0.3 is 29.9 Å². The van der Waals surface area contributed by atoms with Crippen molar-refractivity contribution in [2.24, 2.45) is 11.3 Å². The van der Waals surface area contributed by atoms with Crippen molar-refractivity contribution in [1.82, 2.24) is 25.4 Å². The molecule has 37 heavy (non-hydrogen) atoms. The first-order chi connectivity index (χ1) is 17.6. The number of fused-ring (bicyclic) bond motifs is 2. The molecule has 0 radical (unpaired) electrons. The van der Waals surface area contributed by atoms with Gasteiger partial charge in [0, 0.05) is 77.3 Å². The number of alkyl halides is 3. The summed E-state index contributed by atoms with van der Waals surface area (Å²) in [5.41, 5.74) is -0.330. The number of halogens is 3. The van der Waals surface area contributed by atoms with E-state index in [1.807, 2.05) is 0 Å². The summed E-state index contributed by atoms with van der Waals surface area (Å²) in [7, 11) is 3.46. The molecule has 4 aliphatic rings. The summed E-state index contributed by atoms with van der Waals surface area (Å²) >= 11 is 5.51. The molecule has 2 saturated heterocycles. The average Bonchev–Trinajstić information content (AvgIpc) is 3.41. The number of nitrogens with one attached hydrogen (secondary N) is 2. The Balaban J connectivity index is 1.37. The molecule has 12 heteroatoms. The van der Waals surface area contributed by atoms with Gasteiger partial charge in [0.15, 0.2) is 5.11 Å². The van der Waals surface area contributed by atoms with E-state index in [2.05, 4.69) is 20.5 Å². The lowest BCUT2D eigenvalue weighted by Crippen LogP contribution is -2.52. The van der Waals surface area contributed by atoms with Crippen molar-refractivity contribution < 1.29 is 27.4 Å². The van der Waals surface area contributed by atoms with E-state index in [-0.39, 0.29) is 36.6 Å². The van der Waals surface area contributed by atoms with Gasteiger partial charge in [0.1, 0.15) is 0 Å². The van der Waals surface area contributed by atoms with E-state index in [1.54, 1.807) is 19.1 Å². The van der Waals surface area contributed by atoms with Crippen molar-refractivity contribution in [3.63, 3.8) is 0 Å². The maximum absolute atomic E-state index is 14.2. The largest absolute Gasteiger partial charge is 0.417 e. The molecule has 2 N–H and O–H groups in total. The number of rotatable bonds is 4. The molecule has 0 bridgehead atoms. The van der Waals surface area contributed by atoms with Crippen LogP contribution in [0.25, 0.3) is 0 Å². The van der Waals surface area contributed by atoms with Crippen LogP contribution in [-0.2, 0) is 33.4 Å². The Morgan fingerprint density at radius 1 is 1.35 bits per heavy atom. The highest BCUT2D eigenvalue weighted by Crippen LogP contribution is 2.50. The number of methoxy groups -OCH3 is 1. The number of hydrogen-bond acceptors (Lipinski definition) is 6. The molecule has 1 aromatic heterocycles. The van der Waals surface area contributed by atoms with E-state index in [9.17, 15) is 18.0 Å². The zero-order valence-corrected chi connectivity index (χ0v) is 22.0. The minimum atomic E-state index is -4.47. The van der Waals surface area contributed by atoms with Crippen LogP contribution in [-0.4, -0.2) is 91.0 Å². The summed E-state index contributed by atoms with van der Waals surface area (Å²) in [6, 6.07) is 1.43. The number of carbonyl (C=O) groups is 1. The Morgan fingerprint density at radius 3 is 2.89 bits per heavy atom. The first kappa shape index (κ1) is 26.6. The third kappa shape index (κ3) is 5.05. The van der Waals surface area contributed by atoms with Crippen molar-refractivity contribution >= 4 is 23.2 Å². The van der Waals surface area contributed by atoms with E-state index in [1.165, 1.54) is 0 Å². The van der Waals surface area contributed by atoms with Crippen LogP contribution in [0.5, 0.6) is 0 Å². The average molecular weight is 542 g/mol. The molecule has 0 aromatic carbocycles. The Hall–Kier alpha value is -2.02. The highest BCUT2D eigenvalue weighted by atomic mass is 32.1. The number of carbonyl (C=O) groups excluding carboxylic acids is 1. The summed E-state index contributed by atoms with van der Waals surface area (Å²) < 4.78 is 51.1. The second kappa shape index (κ2) is 10.3. The minimum absolute atomic E-state index is 0.00142. The molecule has 4 heterocycles. The third-order valence-corrected chi connectivity index (χ3v) is 8.98. The molecule has 5 atom stereocenters. The molecule has 1 aromatic rings. The van der Waals surface area contributed by atoms with Crippen molar-refractivity contribution in [3.8, 4) is 0 Å². The Bertz CT molecular complexity index is 1040. The van der Waals surface area contributed by atoms with Crippen LogP contribution in [0.1, 0.15) is 36.1 Å². The number of nitrogens with zero attached hydrogens (tertiary/aromatic N) is 3. The Labute approximate surface area is 220 Å². The second-order valence-electron chi connectivity index (χ2n) is 10.6. The molecule has 0 spiro atoms. The van der Waals surface area contributed by atoms with Gasteiger partial charge in [-0.15, -0.1) is 0 Å². The molecule has 1 aliphatic carbocycles. The predicted octanol–water partition coefficient (Wildman–Crippen LogP) is 1.96. The molecule has 3 aliphatic heterocycles. The van der Waals surface area contributed by atoms with Crippen molar-refractivity contribution in [1.29, 1.82) is 0 Å². The van der Waals surface area contributed by atoms with Crippen LogP contribution in [0.3, 0.4) is 0 Å². The van der Waals surface area contributed by atoms with Gasteiger partial charge in [0.2, 0.25) is 5.91 Å². The van der Waals surface area contributed by atoms with E-state index in [0.29, 0.717) is 62.1 Å². The van der Waals surface area contributed by atoms with Crippen molar-refractivity contribution in [3.05, 3.63) is 29.1 Å². The SMILES string of the molecule is CNC(=S)N1C[C@@H]2C[C@@H](N[C@H]3CCOC[C@H]3OC)C[C@]2(C(=O)N2CCc3ncc(C(F)(F)F)cc3C2)C1. The summed E-state index contributed by atoms with van der Waals surface area (Å²) in [6.07, 6.45) is -0.866. The molecular formula is C25H34F3N5O3S. The monoisotopic (exact) mass is 541 g/mol. The van der Waals surface area contributed by atoms with Gasteiger partial charge in [-0.05, 0) is 49.0 Å². The molecule has 8 nitrogen and oxygen atoms in total. The van der Waals surface area contributed by atoms with Crippen LogP contribution >= 0.6 is 12.2 Å². The van der Waals surface area contributed by atoms with Gasteiger partial charge in [-0.2, -0.15) is 13.2 Å². The van der Waals surface area contributed by atoms with E-state index < -0.39 is 17.2 Å². The van der Waals surface area contributed by atoms with Gasteiger partial charge >= 0.3 is 6.18 Å². The number of hydrogen-bond donors (Lipinski definition) is 2. The summed E-state index contributed by atoms with van der Waals surface area (Å²) in [4.78, 5) is 22.1. The first-order valence-electron chi connectivity index (χ1n) is 12.8. The highest BCUT2D eigenvalue weighted by molar-refractivity contribution is 7.80. The Kier molecular flexibility index (Phi) is 7.38. The molecule has 204 valence electrons. The van der Waals surface area contributed by atoms with Crippen LogP contribution in [0.2, 0.25) is 0 Å². The Morgan fingerprint density at radius 2 is 2.16 bits per heavy atom. The number of pyridine rings is 1. The van der Waals surface area contributed by atoms with Crippen LogP contribution in [0.4, 0.5) is 13.2 Å². The molecule has 1 saturated carbocycles. The maximum Gasteiger partial charge on any atom is 0.417 e. The summed E-state index contributed by atoms with van der Waals surface area (Å²) in [5.74, 6) is 0.0900. The fourth-order valence-corrected chi connectivity index (χ4v) is 6.79. The molecule has 3 fully saturated rings. The highest BCUT2D eigenvalue weighted by Gasteiger charge is 2.59. The van der Waals surface area contributed by atoms with Gasteiger partial charge in [0.25, 0.3) is 0 Å². The number of thiocarbonyl (C=S) groups is 1. The van der Waals surface area contributed by atoms with Crippen LogP contribution < -0.4 is 10.6 Å². The molecular weight excluding hydrogens is 507 g/mol. The maximum atomic E-state index is 14.2. The topological polar surface area (TPSA) is 79.0 Å². The quantitative estimate of drug-likeness (QED) is 0.561. The van der Waals surface area contributed by atoms with Crippen LogP contribution in [0, 0.1) is 11.3 Å². The second-order valence-corrected chi connectivity index (χ2v) is 11.0. The van der Waals surface area contributed by atoms with E-state index >= 15 is 0 Å². The summed E-state index contributed by atoms with van der Waals surface area (Å²) in [6.45, 7) is 2.97. The molecule has 1 amide bonds. The van der Waals surface area contributed by atoms with Gasteiger partial charge in [-0.3, -0.25) is 9.78 Å². The summed E-state index contributed by atoms with van der Waals surface area (Å²) in [5, 5.41) is 7.39. The van der Waals surface area contributed by atoms with Gasteiger partial charge in [-0.1, -0.05) is 0 Å².